The third-order valence-electron chi connectivity index (χ3n) is 3.58. The highest BCUT2D eigenvalue weighted by atomic mass is 79.9. The van der Waals surface area contributed by atoms with Gasteiger partial charge in [-0.25, -0.2) is 0 Å². The Kier molecular flexibility index (Phi) is 4.99. The van der Waals surface area contributed by atoms with Gasteiger partial charge in [0.05, 0.1) is 7.11 Å². The minimum atomic E-state index is 0.547. The number of halogens is 1. The van der Waals surface area contributed by atoms with E-state index < -0.39 is 0 Å². The normalized spacial score (nSPS) is 10.3. The van der Waals surface area contributed by atoms with E-state index in [1.165, 1.54) is 0 Å². The van der Waals surface area contributed by atoms with Crippen molar-refractivity contribution in [2.24, 2.45) is 0 Å². The van der Waals surface area contributed by atoms with Crippen molar-refractivity contribution in [3.8, 4) is 22.6 Å². The molecule has 0 bridgehead atoms. The van der Waals surface area contributed by atoms with E-state index >= 15 is 0 Å². The first-order chi connectivity index (χ1) is 11.3. The molecule has 0 heterocycles. The first-order valence-electron chi connectivity index (χ1n) is 7.37. The van der Waals surface area contributed by atoms with Crippen LogP contribution in [0.2, 0.25) is 0 Å². The molecule has 0 aliphatic heterocycles. The van der Waals surface area contributed by atoms with Crippen LogP contribution in [-0.4, -0.2) is 7.11 Å². The van der Waals surface area contributed by atoms with Crippen LogP contribution in [0.25, 0.3) is 11.1 Å². The topological polar surface area (TPSA) is 18.5 Å². The summed E-state index contributed by atoms with van der Waals surface area (Å²) in [6.07, 6.45) is 0. The molecule has 0 unspecified atom stereocenters. The zero-order valence-corrected chi connectivity index (χ0v) is 14.4. The van der Waals surface area contributed by atoms with Crippen LogP contribution >= 0.6 is 15.9 Å². The maximum atomic E-state index is 6.04. The molecule has 0 amide bonds. The molecule has 0 spiro atoms. The van der Waals surface area contributed by atoms with Crippen LogP contribution < -0.4 is 9.47 Å². The molecule has 0 N–H and O–H groups in total. The van der Waals surface area contributed by atoms with Crippen LogP contribution in [-0.2, 0) is 6.61 Å². The zero-order valence-electron chi connectivity index (χ0n) is 12.8. The lowest BCUT2D eigenvalue weighted by atomic mass is 10.0. The van der Waals surface area contributed by atoms with Gasteiger partial charge in [0.15, 0.2) is 0 Å². The second-order valence-corrected chi connectivity index (χ2v) is 6.06. The molecule has 0 atom stereocenters. The fraction of sp³-hybridized carbons (Fsp3) is 0.100. The summed E-state index contributed by atoms with van der Waals surface area (Å²) in [7, 11) is 1.67. The summed E-state index contributed by atoms with van der Waals surface area (Å²) < 4.78 is 12.3. The molecular weight excluding hydrogens is 352 g/mol. The lowest BCUT2D eigenvalue weighted by Crippen LogP contribution is -1.97. The van der Waals surface area contributed by atoms with Crippen LogP contribution in [0.5, 0.6) is 11.5 Å². The maximum absolute atomic E-state index is 6.04. The fourth-order valence-electron chi connectivity index (χ4n) is 2.36. The van der Waals surface area contributed by atoms with Gasteiger partial charge in [-0.15, -0.1) is 0 Å². The summed E-state index contributed by atoms with van der Waals surface area (Å²) in [5.41, 5.74) is 3.30. The Balaban J connectivity index is 1.88. The van der Waals surface area contributed by atoms with Crippen molar-refractivity contribution in [2.75, 3.05) is 7.11 Å². The fourth-order valence-corrected chi connectivity index (χ4v) is 2.72. The van der Waals surface area contributed by atoms with E-state index in [2.05, 4.69) is 34.1 Å². The van der Waals surface area contributed by atoms with Crippen molar-refractivity contribution in [2.45, 2.75) is 6.61 Å². The van der Waals surface area contributed by atoms with Gasteiger partial charge in [0.1, 0.15) is 18.1 Å². The summed E-state index contributed by atoms with van der Waals surface area (Å²) in [6, 6.07) is 24.2. The summed E-state index contributed by atoms with van der Waals surface area (Å²) in [4.78, 5) is 0. The van der Waals surface area contributed by atoms with Gasteiger partial charge in [-0.3, -0.25) is 0 Å². The van der Waals surface area contributed by atoms with Crippen molar-refractivity contribution in [1.29, 1.82) is 0 Å². The predicted molar refractivity (Wildman–Crippen MR) is 96.9 cm³/mol. The summed E-state index contributed by atoms with van der Waals surface area (Å²) in [6.45, 7) is 0.547. The highest BCUT2D eigenvalue weighted by Gasteiger charge is 2.08. The molecule has 0 radical (unpaired) electrons. The van der Waals surface area contributed by atoms with Crippen LogP contribution in [0.1, 0.15) is 5.56 Å². The van der Waals surface area contributed by atoms with Gasteiger partial charge >= 0.3 is 0 Å². The molecule has 3 rings (SSSR count). The van der Waals surface area contributed by atoms with E-state index in [1.54, 1.807) is 7.11 Å². The number of methoxy groups -OCH3 is 1. The number of hydrogen-bond acceptors (Lipinski definition) is 2. The second-order valence-electron chi connectivity index (χ2n) is 5.14. The lowest BCUT2D eigenvalue weighted by molar-refractivity contribution is 0.307. The lowest BCUT2D eigenvalue weighted by Gasteiger charge is -2.13. The molecule has 3 heteroatoms. The predicted octanol–water partition coefficient (Wildman–Crippen LogP) is 5.70. The molecule has 3 aromatic rings. The van der Waals surface area contributed by atoms with Crippen LogP contribution in [0.4, 0.5) is 0 Å². The number of rotatable bonds is 5. The summed E-state index contributed by atoms with van der Waals surface area (Å²) >= 11 is 3.54. The van der Waals surface area contributed by atoms with E-state index in [9.17, 15) is 0 Å². The van der Waals surface area contributed by atoms with Gasteiger partial charge in [-0.05, 0) is 41.5 Å². The SMILES string of the molecule is COc1ccc(-c2cc(Br)ccc2OCc2ccccc2)cc1. The van der Waals surface area contributed by atoms with Crippen molar-refractivity contribution in [1.82, 2.24) is 0 Å². The standard InChI is InChI=1S/C20H17BrO2/c1-22-18-10-7-16(8-11-18)19-13-17(21)9-12-20(19)23-14-15-5-3-2-4-6-15/h2-13H,14H2,1H3. The first kappa shape index (κ1) is 15.6. The van der Waals surface area contributed by atoms with Gasteiger partial charge in [0.25, 0.3) is 0 Å². The third kappa shape index (κ3) is 3.93. The molecule has 116 valence electrons. The molecule has 0 saturated carbocycles. The maximum Gasteiger partial charge on any atom is 0.127 e. The monoisotopic (exact) mass is 368 g/mol. The van der Waals surface area contributed by atoms with E-state index in [1.807, 2.05) is 54.6 Å². The smallest absolute Gasteiger partial charge is 0.127 e. The Morgan fingerprint density at radius 1 is 0.870 bits per heavy atom. The van der Waals surface area contributed by atoms with Crippen LogP contribution in [0.15, 0.2) is 77.3 Å². The Morgan fingerprint density at radius 3 is 2.30 bits per heavy atom. The van der Waals surface area contributed by atoms with Crippen molar-refractivity contribution in [3.05, 3.63) is 82.8 Å². The summed E-state index contributed by atoms with van der Waals surface area (Å²) in [5.74, 6) is 1.71. The molecule has 0 aromatic heterocycles. The highest BCUT2D eigenvalue weighted by Crippen LogP contribution is 2.34. The Bertz CT molecular complexity index is 767. The van der Waals surface area contributed by atoms with Crippen LogP contribution in [0, 0.1) is 0 Å². The molecular formula is C20H17BrO2. The van der Waals surface area contributed by atoms with Crippen molar-refractivity contribution in [3.63, 3.8) is 0 Å². The first-order valence-corrected chi connectivity index (χ1v) is 8.16. The van der Waals surface area contributed by atoms with Gasteiger partial charge in [-0.2, -0.15) is 0 Å². The van der Waals surface area contributed by atoms with Crippen LogP contribution in [0.3, 0.4) is 0 Å². The Morgan fingerprint density at radius 2 is 1.61 bits per heavy atom. The molecule has 0 fully saturated rings. The number of ether oxygens (including phenoxy) is 2. The van der Waals surface area contributed by atoms with Gasteiger partial charge in [0.2, 0.25) is 0 Å². The average Bonchev–Trinajstić information content (AvgIpc) is 2.61. The van der Waals surface area contributed by atoms with Gasteiger partial charge < -0.3 is 9.47 Å². The largest absolute Gasteiger partial charge is 0.497 e. The second kappa shape index (κ2) is 7.34. The van der Waals surface area contributed by atoms with E-state index in [4.69, 9.17) is 9.47 Å². The molecule has 0 aliphatic carbocycles. The van der Waals surface area contributed by atoms with E-state index in [-0.39, 0.29) is 0 Å². The molecule has 0 aliphatic rings. The third-order valence-corrected chi connectivity index (χ3v) is 4.07. The minimum Gasteiger partial charge on any atom is -0.497 e. The number of benzene rings is 3. The Hall–Kier alpha value is -2.26. The van der Waals surface area contributed by atoms with Crippen molar-refractivity contribution >= 4 is 15.9 Å². The van der Waals surface area contributed by atoms with E-state index in [0.29, 0.717) is 6.61 Å². The molecule has 23 heavy (non-hydrogen) atoms. The minimum absolute atomic E-state index is 0.547. The highest BCUT2D eigenvalue weighted by molar-refractivity contribution is 9.10. The number of hydrogen-bond donors (Lipinski definition) is 0. The average molecular weight is 369 g/mol. The van der Waals surface area contributed by atoms with Gasteiger partial charge in [-0.1, -0.05) is 58.4 Å². The van der Waals surface area contributed by atoms with E-state index in [0.717, 1.165) is 32.7 Å². The quantitative estimate of drug-likeness (QED) is 0.574. The van der Waals surface area contributed by atoms with Crippen molar-refractivity contribution < 1.29 is 9.47 Å². The van der Waals surface area contributed by atoms with Gasteiger partial charge in [0, 0.05) is 10.0 Å². The molecule has 2 nitrogen and oxygen atoms in total. The summed E-state index contributed by atoms with van der Waals surface area (Å²) in [5, 5.41) is 0. The zero-order chi connectivity index (χ0) is 16.1. The molecule has 3 aromatic carbocycles. The molecule has 0 saturated heterocycles. The Labute approximate surface area is 144 Å².